The van der Waals surface area contributed by atoms with Gasteiger partial charge in [-0.05, 0) is 42.9 Å². The lowest BCUT2D eigenvalue weighted by Gasteiger charge is -2.44. The summed E-state index contributed by atoms with van der Waals surface area (Å²) in [6, 6.07) is 0. The van der Waals surface area contributed by atoms with E-state index in [4.69, 9.17) is 0 Å². The van der Waals surface area contributed by atoms with E-state index in [0.717, 1.165) is 23.7 Å². The van der Waals surface area contributed by atoms with Crippen molar-refractivity contribution in [3.63, 3.8) is 0 Å². The second-order valence-electron chi connectivity index (χ2n) is 6.02. The molecule has 2 saturated carbocycles. The van der Waals surface area contributed by atoms with Crippen LogP contribution >= 0.6 is 0 Å². The third-order valence-corrected chi connectivity index (χ3v) is 5.19. The molecule has 0 saturated heterocycles. The number of hydrogen-bond donors (Lipinski definition) is 0. The second-order valence-corrected chi connectivity index (χ2v) is 6.02. The number of fused-ring (bicyclic) bond motifs is 1. The number of allylic oxidation sites excluding steroid dienone is 4. The molecule has 3 rings (SSSR count). The Hall–Kier alpha value is -0.520. The van der Waals surface area contributed by atoms with Crippen molar-refractivity contribution in [1.29, 1.82) is 0 Å². The Morgan fingerprint density at radius 2 is 1.56 bits per heavy atom. The first-order valence-corrected chi connectivity index (χ1v) is 7.28. The number of hydrogen-bond acceptors (Lipinski definition) is 0. The molecule has 0 N–H and O–H groups in total. The molecule has 0 heteroatoms. The van der Waals surface area contributed by atoms with Crippen LogP contribution in [0, 0.1) is 23.7 Å². The Balaban J connectivity index is 1.72. The SMILES string of the molecule is C1=CCC(C2CCCC3CCCCC32)C=C1. The predicted octanol–water partition coefficient (Wildman–Crippen LogP) is 4.73. The molecule has 4 atom stereocenters. The van der Waals surface area contributed by atoms with Gasteiger partial charge in [0.15, 0.2) is 0 Å². The van der Waals surface area contributed by atoms with Gasteiger partial charge in [-0.2, -0.15) is 0 Å². The molecule has 2 fully saturated rings. The molecule has 0 bridgehead atoms. The summed E-state index contributed by atoms with van der Waals surface area (Å²) in [7, 11) is 0. The molecule has 0 nitrogen and oxygen atoms in total. The van der Waals surface area contributed by atoms with Crippen LogP contribution in [-0.2, 0) is 0 Å². The normalized spacial score (nSPS) is 43.0. The van der Waals surface area contributed by atoms with Gasteiger partial charge in [0, 0.05) is 0 Å². The molecule has 3 aliphatic carbocycles. The largest absolute Gasteiger partial charge is 0.0840 e. The summed E-state index contributed by atoms with van der Waals surface area (Å²) in [5.74, 6) is 4.05. The van der Waals surface area contributed by atoms with Gasteiger partial charge < -0.3 is 0 Å². The van der Waals surface area contributed by atoms with Gasteiger partial charge in [-0.3, -0.25) is 0 Å². The minimum Gasteiger partial charge on any atom is -0.0840 e. The van der Waals surface area contributed by atoms with E-state index in [-0.39, 0.29) is 0 Å². The van der Waals surface area contributed by atoms with Gasteiger partial charge in [-0.15, -0.1) is 0 Å². The van der Waals surface area contributed by atoms with Crippen LogP contribution in [-0.4, -0.2) is 0 Å². The van der Waals surface area contributed by atoms with Crippen molar-refractivity contribution < 1.29 is 0 Å². The average molecular weight is 216 g/mol. The highest BCUT2D eigenvalue weighted by Crippen LogP contribution is 2.47. The average Bonchev–Trinajstić information content (AvgIpc) is 2.39. The Morgan fingerprint density at radius 1 is 0.750 bits per heavy atom. The van der Waals surface area contributed by atoms with Crippen molar-refractivity contribution in [2.75, 3.05) is 0 Å². The number of rotatable bonds is 1. The minimum atomic E-state index is 0.871. The quantitative estimate of drug-likeness (QED) is 0.594. The fourth-order valence-corrected chi connectivity index (χ4v) is 4.44. The molecule has 0 amide bonds. The van der Waals surface area contributed by atoms with E-state index in [2.05, 4.69) is 24.3 Å². The van der Waals surface area contributed by atoms with E-state index < -0.39 is 0 Å². The lowest BCUT2D eigenvalue weighted by atomic mass is 9.61. The smallest absolute Gasteiger partial charge is 0.0165 e. The van der Waals surface area contributed by atoms with Crippen LogP contribution in [0.15, 0.2) is 24.3 Å². The molecule has 3 aliphatic rings. The first-order valence-electron chi connectivity index (χ1n) is 7.28. The van der Waals surface area contributed by atoms with Gasteiger partial charge in [0.1, 0.15) is 0 Å². The first kappa shape index (κ1) is 10.6. The van der Waals surface area contributed by atoms with Crippen LogP contribution in [0.2, 0.25) is 0 Å². The molecule has 0 heterocycles. The maximum absolute atomic E-state index is 2.49. The molecule has 0 aliphatic heterocycles. The van der Waals surface area contributed by atoms with Crippen LogP contribution in [0.3, 0.4) is 0 Å². The van der Waals surface area contributed by atoms with Crippen LogP contribution in [0.4, 0.5) is 0 Å². The highest BCUT2D eigenvalue weighted by Gasteiger charge is 2.37. The highest BCUT2D eigenvalue weighted by molar-refractivity contribution is 5.12. The summed E-state index contributed by atoms with van der Waals surface area (Å²) >= 11 is 0. The molecular formula is C16H24. The van der Waals surface area contributed by atoms with E-state index in [1.54, 1.807) is 0 Å². The van der Waals surface area contributed by atoms with Crippen LogP contribution in [0.5, 0.6) is 0 Å². The third-order valence-electron chi connectivity index (χ3n) is 5.19. The highest BCUT2D eigenvalue weighted by atomic mass is 14.4. The topological polar surface area (TPSA) is 0 Å². The third kappa shape index (κ3) is 1.99. The monoisotopic (exact) mass is 216 g/mol. The molecule has 0 aromatic carbocycles. The lowest BCUT2D eigenvalue weighted by molar-refractivity contribution is 0.0778. The summed E-state index contributed by atoms with van der Waals surface area (Å²) in [4.78, 5) is 0. The van der Waals surface area contributed by atoms with E-state index >= 15 is 0 Å². The van der Waals surface area contributed by atoms with Gasteiger partial charge in [-0.1, -0.05) is 56.4 Å². The Morgan fingerprint density at radius 3 is 2.44 bits per heavy atom. The standard InChI is InChI=1S/C16H24/c1-2-7-13(8-3-1)16-12-6-10-14-9-4-5-11-15(14)16/h1-3,7,13-16H,4-6,8-12H2. The van der Waals surface area contributed by atoms with Gasteiger partial charge in [0.05, 0.1) is 0 Å². The molecule has 4 unspecified atom stereocenters. The zero-order valence-corrected chi connectivity index (χ0v) is 10.3. The fraction of sp³-hybridized carbons (Fsp3) is 0.750. The Kier molecular flexibility index (Phi) is 3.17. The first-order chi connectivity index (χ1) is 7.95. The summed E-state index contributed by atoms with van der Waals surface area (Å²) in [6.45, 7) is 0. The molecule has 0 aromatic heterocycles. The van der Waals surface area contributed by atoms with Crippen LogP contribution in [0.1, 0.15) is 51.4 Å². The molecule has 0 spiro atoms. The van der Waals surface area contributed by atoms with Crippen molar-refractivity contribution in [1.82, 2.24) is 0 Å². The predicted molar refractivity (Wildman–Crippen MR) is 69.2 cm³/mol. The van der Waals surface area contributed by atoms with E-state index in [0.29, 0.717) is 0 Å². The lowest BCUT2D eigenvalue weighted by Crippen LogP contribution is -2.34. The minimum absolute atomic E-state index is 0.871. The summed E-state index contributed by atoms with van der Waals surface area (Å²) in [5.41, 5.74) is 0. The van der Waals surface area contributed by atoms with Crippen molar-refractivity contribution in [3.8, 4) is 0 Å². The maximum atomic E-state index is 2.49. The summed E-state index contributed by atoms with van der Waals surface area (Å²) < 4.78 is 0. The van der Waals surface area contributed by atoms with Gasteiger partial charge in [0.2, 0.25) is 0 Å². The van der Waals surface area contributed by atoms with Gasteiger partial charge >= 0.3 is 0 Å². The van der Waals surface area contributed by atoms with E-state index in [1.807, 2.05) is 0 Å². The Bertz CT molecular complexity index is 284. The van der Waals surface area contributed by atoms with Crippen molar-refractivity contribution >= 4 is 0 Å². The second kappa shape index (κ2) is 4.77. The zero-order valence-electron chi connectivity index (χ0n) is 10.3. The molecule has 88 valence electrons. The van der Waals surface area contributed by atoms with Crippen molar-refractivity contribution in [2.24, 2.45) is 23.7 Å². The van der Waals surface area contributed by atoms with Gasteiger partial charge in [0.25, 0.3) is 0 Å². The van der Waals surface area contributed by atoms with Crippen LogP contribution in [0.25, 0.3) is 0 Å². The zero-order chi connectivity index (χ0) is 10.8. The fourth-order valence-electron chi connectivity index (χ4n) is 4.44. The van der Waals surface area contributed by atoms with Gasteiger partial charge in [-0.25, -0.2) is 0 Å². The molecule has 0 aromatic rings. The summed E-state index contributed by atoms with van der Waals surface area (Å²) in [6.07, 6.45) is 21.3. The molecular weight excluding hydrogens is 192 g/mol. The van der Waals surface area contributed by atoms with Crippen LogP contribution < -0.4 is 0 Å². The van der Waals surface area contributed by atoms with E-state index in [1.165, 1.54) is 51.4 Å². The summed E-state index contributed by atoms with van der Waals surface area (Å²) in [5, 5.41) is 0. The Labute approximate surface area is 99.8 Å². The molecule has 16 heavy (non-hydrogen) atoms. The van der Waals surface area contributed by atoms with Crippen molar-refractivity contribution in [3.05, 3.63) is 24.3 Å². The maximum Gasteiger partial charge on any atom is -0.0165 e. The molecule has 0 radical (unpaired) electrons. The van der Waals surface area contributed by atoms with E-state index in [9.17, 15) is 0 Å². The van der Waals surface area contributed by atoms with Crippen molar-refractivity contribution in [2.45, 2.75) is 51.4 Å².